The van der Waals surface area contributed by atoms with Gasteiger partial charge in [-0.05, 0) is 21.0 Å². The van der Waals surface area contributed by atoms with Crippen LogP contribution in [0.25, 0.3) is 4.96 Å². The molecular weight excluding hydrogens is 276 g/mol. The van der Waals surface area contributed by atoms with Gasteiger partial charge in [-0.15, -0.1) is 11.3 Å². The van der Waals surface area contributed by atoms with E-state index in [0.29, 0.717) is 25.5 Å². The third kappa shape index (κ3) is 3.49. The van der Waals surface area contributed by atoms with Gasteiger partial charge in [0.1, 0.15) is 5.69 Å². The average Bonchev–Trinajstić information content (AvgIpc) is 2.88. The van der Waals surface area contributed by atoms with E-state index in [1.165, 1.54) is 0 Å². The Morgan fingerprint density at radius 2 is 2.30 bits per heavy atom. The van der Waals surface area contributed by atoms with E-state index in [1.54, 1.807) is 18.4 Å². The lowest BCUT2D eigenvalue weighted by Gasteiger charge is -2.27. The zero-order chi connectivity index (χ0) is 14.8. The van der Waals surface area contributed by atoms with E-state index in [2.05, 4.69) is 10.3 Å². The Balaban J connectivity index is 2.00. The number of hydrogen-bond donors (Lipinski definition) is 2. The van der Waals surface area contributed by atoms with Crippen molar-refractivity contribution < 1.29 is 9.84 Å². The van der Waals surface area contributed by atoms with Crippen LogP contribution in [-0.2, 0) is 6.54 Å². The van der Waals surface area contributed by atoms with Gasteiger partial charge in [-0.1, -0.05) is 0 Å². The number of methoxy groups -OCH3 is 1. The highest BCUT2D eigenvalue weighted by atomic mass is 32.1. The zero-order valence-electron chi connectivity index (χ0n) is 12.4. The Morgan fingerprint density at radius 1 is 1.55 bits per heavy atom. The number of aliphatic hydroxyl groups is 1. The number of hydrogen-bond acceptors (Lipinski definition) is 6. The number of thiazole rings is 1. The molecule has 0 aliphatic carbocycles. The third-order valence-electron chi connectivity index (χ3n) is 2.97. The van der Waals surface area contributed by atoms with Gasteiger partial charge in [-0.3, -0.25) is 4.40 Å². The average molecular weight is 298 g/mol. The van der Waals surface area contributed by atoms with Crippen LogP contribution in [0.5, 0.6) is 5.88 Å². The van der Waals surface area contributed by atoms with E-state index in [-0.39, 0.29) is 0 Å². The fraction of sp³-hybridized carbons (Fsp3) is 0.615. The number of aromatic nitrogens is 2. The van der Waals surface area contributed by atoms with Crippen molar-refractivity contribution in [3.8, 4) is 5.88 Å². The SMILES string of the molecule is COc1nc2sccn2c1CNCC(C)(O)CN(C)C. The first-order valence-corrected chi connectivity index (χ1v) is 7.37. The van der Waals surface area contributed by atoms with Crippen LogP contribution >= 0.6 is 11.3 Å². The summed E-state index contributed by atoms with van der Waals surface area (Å²) in [6.45, 7) is 3.54. The van der Waals surface area contributed by atoms with Crippen molar-refractivity contribution in [3.05, 3.63) is 17.3 Å². The van der Waals surface area contributed by atoms with Gasteiger partial charge in [-0.25, -0.2) is 0 Å². The van der Waals surface area contributed by atoms with E-state index in [4.69, 9.17) is 4.74 Å². The van der Waals surface area contributed by atoms with Crippen molar-refractivity contribution >= 4 is 16.3 Å². The van der Waals surface area contributed by atoms with Crippen LogP contribution in [0.4, 0.5) is 0 Å². The Bertz CT molecular complexity index is 562. The summed E-state index contributed by atoms with van der Waals surface area (Å²) in [5, 5.41) is 15.5. The van der Waals surface area contributed by atoms with Crippen LogP contribution in [0.2, 0.25) is 0 Å². The molecule has 6 nitrogen and oxygen atoms in total. The fourth-order valence-corrected chi connectivity index (χ4v) is 3.05. The first-order valence-electron chi connectivity index (χ1n) is 6.49. The Hall–Kier alpha value is -1.15. The van der Waals surface area contributed by atoms with Gasteiger partial charge in [0, 0.05) is 31.2 Å². The number of ether oxygens (including phenoxy) is 1. The molecule has 0 amide bonds. The summed E-state index contributed by atoms with van der Waals surface area (Å²) in [6, 6.07) is 0. The summed E-state index contributed by atoms with van der Waals surface area (Å²) in [6.07, 6.45) is 1.98. The van der Waals surface area contributed by atoms with Crippen molar-refractivity contribution in [2.24, 2.45) is 0 Å². The molecule has 0 saturated carbocycles. The van der Waals surface area contributed by atoms with Gasteiger partial charge < -0.3 is 20.1 Å². The lowest BCUT2D eigenvalue weighted by atomic mass is 10.1. The van der Waals surface area contributed by atoms with Crippen molar-refractivity contribution in [3.63, 3.8) is 0 Å². The fourth-order valence-electron chi connectivity index (χ4n) is 2.32. The topological polar surface area (TPSA) is 62.0 Å². The van der Waals surface area contributed by atoms with Crippen molar-refractivity contribution in [1.29, 1.82) is 0 Å². The molecule has 7 heteroatoms. The van der Waals surface area contributed by atoms with Gasteiger partial charge in [0.05, 0.1) is 12.7 Å². The number of nitrogens with one attached hydrogen (secondary N) is 1. The Labute approximate surface area is 123 Å². The van der Waals surface area contributed by atoms with Crippen molar-refractivity contribution in [1.82, 2.24) is 19.6 Å². The van der Waals surface area contributed by atoms with Crippen molar-refractivity contribution in [2.45, 2.75) is 19.1 Å². The maximum atomic E-state index is 10.3. The van der Waals surface area contributed by atoms with Crippen LogP contribution in [0.3, 0.4) is 0 Å². The molecule has 0 bridgehead atoms. The molecule has 2 aromatic heterocycles. The minimum atomic E-state index is -0.769. The van der Waals surface area contributed by atoms with E-state index in [9.17, 15) is 5.11 Å². The van der Waals surface area contributed by atoms with Gasteiger partial charge in [0.15, 0.2) is 4.96 Å². The van der Waals surface area contributed by atoms with Gasteiger partial charge in [0.25, 0.3) is 0 Å². The van der Waals surface area contributed by atoms with E-state index < -0.39 is 5.60 Å². The van der Waals surface area contributed by atoms with Gasteiger partial charge in [0.2, 0.25) is 5.88 Å². The third-order valence-corrected chi connectivity index (χ3v) is 3.73. The van der Waals surface area contributed by atoms with E-state index in [1.807, 2.05) is 41.9 Å². The predicted octanol–water partition coefficient (Wildman–Crippen LogP) is 0.807. The lowest BCUT2D eigenvalue weighted by Crippen LogP contribution is -2.45. The monoisotopic (exact) mass is 298 g/mol. The molecule has 0 saturated heterocycles. The first kappa shape index (κ1) is 15.2. The second kappa shape index (κ2) is 6.09. The minimum Gasteiger partial charge on any atom is -0.480 e. The maximum absolute atomic E-state index is 10.3. The molecule has 0 radical (unpaired) electrons. The second-order valence-electron chi connectivity index (χ2n) is 5.46. The quantitative estimate of drug-likeness (QED) is 0.792. The standard InChI is InChI=1S/C13H22N4O2S/c1-13(18,9-16(2)3)8-14-7-10-11(19-4)15-12-17(10)5-6-20-12/h5-6,14,18H,7-9H2,1-4H3. The van der Waals surface area contributed by atoms with Crippen LogP contribution in [-0.4, -0.2) is 59.3 Å². The van der Waals surface area contributed by atoms with Gasteiger partial charge in [-0.2, -0.15) is 4.98 Å². The molecular formula is C13H22N4O2S. The van der Waals surface area contributed by atoms with E-state index in [0.717, 1.165) is 10.7 Å². The van der Waals surface area contributed by atoms with Crippen LogP contribution < -0.4 is 10.1 Å². The molecule has 0 aliphatic heterocycles. The number of likely N-dealkylation sites (N-methyl/N-ethyl adjacent to an activating group) is 1. The maximum Gasteiger partial charge on any atom is 0.237 e. The highest BCUT2D eigenvalue weighted by Gasteiger charge is 2.21. The number of rotatable bonds is 7. The predicted molar refractivity (Wildman–Crippen MR) is 80.5 cm³/mol. The molecule has 1 unspecified atom stereocenters. The summed E-state index contributed by atoms with van der Waals surface area (Å²) in [5.41, 5.74) is 0.208. The lowest BCUT2D eigenvalue weighted by molar-refractivity contribution is 0.0334. The number of fused-ring (bicyclic) bond motifs is 1. The highest BCUT2D eigenvalue weighted by Crippen LogP contribution is 2.22. The molecule has 112 valence electrons. The Morgan fingerprint density at radius 3 is 2.95 bits per heavy atom. The summed E-state index contributed by atoms with van der Waals surface area (Å²) >= 11 is 1.57. The van der Waals surface area contributed by atoms with Crippen molar-refractivity contribution in [2.75, 3.05) is 34.3 Å². The highest BCUT2D eigenvalue weighted by molar-refractivity contribution is 7.15. The molecule has 2 aromatic rings. The van der Waals surface area contributed by atoms with Crippen LogP contribution in [0.15, 0.2) is 11.6 Å². The summed E-state index contributed by atoms with van der Waals surface area (Å²) in [5.74, 6) is 0.636. The summed E-state index contributed by atoms with van der Waals surface area (Å²) in [7, 11) is 5.52. The minimum absolute atomic E-state index is 0.506. The number of imidazole rings is 1. The van der Waals surface area contributed by atoms with Crippen LogP contribution in [0, 0.1) is 0 Å². The van der Waals surface area contributed by atoms with E-state index >= 15 is 0 Å². The summed E-state index contributed by atoms with van der Waals surface area (Å²) < 4.78 is 7.31. The summed E-state index contributed by atoms with van der Waals surface area (Å²) in [4.78, 5) is 7.29. The molecule has 2 N–H and O–H groups in total. The number of nitrogens with zero attached hydrogens (tertiary/aromatic N) is 3. The largest absolute Gasteiger partial charge is 0.480 e. The molecule has 1 atom stereocenters. The first-order chi connectivity index (χ1) is 9.43. The molecule has 2 rings (SSSR count). The smallest absolute Gasteiger partial charge is 0.237 e. The molecule has 0 aromatic carbocycles. The molecule has 2 heterocycles. The van der Waals surface area contributed by atoms with Crippen LogP contribution in [0.1, 0.15) is 12.6 Å². The normalized spacial score (nSPS) is 14.9. The zero-order valence-corrected chi connectivity index (χ0v) is 13.2. The Kier molecular flexibility index (Phi) is 4.64. The molecule has 0 spiro atoms. The second-order valence-corrected chi connectivity index (χ2v) is 6.33. The molecule has 0 fully saturated rings. The molecule has 0 aliphatic rings. The molecule has 20 heavy (non-hydrogen) atoms. The van der Waals surface area contributed by atoms with Gasteiger partial charge >= 0.3 is 0 Å².